The number of hydrogen-bond donors (Lipinski definition) is 2. The molecule has 1 aliphatic rings. The maximum atomic E-state index is 11.8. The zero-order valence-electron chi connectivity index (χ0n) is 12.6. The third kappa shape index (κ3) is 5.29. The standard InChI is InChI=1S/C15H21N3O3.ClH/c1-21-9-7-16-11-14(19)17-12-4-2-5-13(10-12)18-8-3-6-15(18)20;/h2,4-5,10,16H,3,6-9,11H2,1H3,(H,17,19);1H. The van der Waals surface area contributed by atoms with Crippen molar-refractivity contribution in [1.82, 2.24) is 5.32 Å². The molecule has 1 aliphatic heterocycles. The van der Waals surface area contributed by atoms with Gasteiger partial charge in [-0.25, -0.2) is 0 Å². The van der Waals surface area contributed by atoms with Crippen molar-refractivity contribution in [2.24, 2.45) is 0 Å². The van der Waals surface area contributed by atoms with Crippen LogP contribution >= 0.6 is 12.4 Å². The number of benzene rings is 1. The molecule has 0 spiro atoms. The summed E-state index contributed by atoms with van der Waals surface area (Å²) in [5, 5.41) is 5.80. The molecule has 0 aliphatic carbocycles. The monoisotopic (exact) mass is 327 g/mol. The highest BCUT2D eigenvalue weighted by Gasteiger charge is 2.21. The van der Waals surface area contributed by atoms with E-state index in [4.69, 9.17) is 4.74 Å². The van der Waals surface area contributed by atoms with Crippen LogP contribution in [-0.4, -0.2) is 45.2 Å². The first-order valence-corrected chi connectivity index (χ1v) is 7.10. The fourth-order valence-corrected chi connectivity index (χ4v) is 2.25. The van der Waals surface area contributed by atoms with Gasteiger partial charge in [-0.15, -0.1) is 12.4 Å². The van der Waals surface area contributed by atoms with Gasteiger partial charge in [-0.05, 0) is 24.6 Å². The minimum atomic E-state index is -0.115. The van der Waals surface area contributed by atoms with Crippen LogP contribution in [0.2, 0.25) is 0 Å². The Bertz CT molecular complexity index is 511. The third-order valence-corrected chi connectivity index (χ3v) is 3.28. The fraction of sp³-hybridized carbons (Fsp3) is 0.467. The Hall–Kier alpha value is -1.63. The van der Waals surface area contributed by atoms with Crippen molar-refractivity contribution in [3.05, 3.63) is 24.3 Å². The van der Waals surface area contributed by atoms with Crippen LogP contribution in [0, 0.1) is 0 Å². The van der Waals surface area contributed by atoms with Crippen LogP contribution in [0.3, 0.4) is 0 Å². The Morgan fingerprint density at radius 1 is 1.41 bits per heavy atom. The van der Waals surface area contributed by atoms with E-state index >= 15 is 0 Å². The highest BCUT2D eigenvalue weighted by atomic mass is 35.5. The molecule has 122 valence electrons. The second-order valence-electron chi connectivity index (χ2n) is 4.92. The zero-order chi connectivity index (χ0) is 15.1. The van der Waals surface area contributed by atoms with Crippen LogP contribution in [0.15, 0.2) is 24.3 Å². The molecule has 1 aromatic carbocycles. The number of anilines is 2. The summed E-state index contributed by atoms with van der Waals surface area (Å²) in [4.78, 5) is 25.3. The molecule has 2 amide bonds. The number of hydrogen-bond acceptors (Lipinski definition) is 4. The molecule has 1 fully saturated rings. The predicted molar refractivity (Wildman–Crippen MR) is 88.7 cm³/mol. The minimum Gasteiger partial charge on any atom is -0.383 e. The third-order valence-electron chi connectivity index (χ3n) is 3.28. The van der Waals surface area contributed by atoms with Crippen LogP contribution < -0.4 is 15.5 Å². The summed E-state index contributed by atoms with van der Waals surface area (Å²) in [6.07, 6.45) is 1.48. The predicted octanol–water partition coefficient (Wildman–Crippen LogP) is 1.41. The maximum absolute atomic E-state index is 11.8. The number of carbonyl (C=O) groups excluding carboxylic acids is 2. The van der Waals surface area contributed by atoms with Gasteiger partial charge in [0, 0.05) is 38.0 Å². The SMILES string of the molecule is COCCNCC(=O)Nc1cccc(N2CCCC2=O)c1.Cl. The van der Waals surface area contributed by atoms with Gasteiger partial charge in [-0.3, -0.25) is 9.59 Å². The second kappa shape index (κ2) is 9.40. The topological polar surface area (TPSA) is 70.7 Å². The van der Waals surface area contributed by atoms with Crippen molar-refractivity contribution in [1.29, 1.82) is 0 Å². The summed E-state index contributed by atoms with van der Waals surface area (Å²) in [6, 6.07) is 7.37. The highest BCUT2D eigenvalue weighted by molar-refractivity contribution is 5.97. The Morgan fingerprint density at radius 3 is 2.91 bits per heavy atom. The van der Waals surface area contributed by atoms with Crippen molar-refractivity contribution < 1.29 is 14.3 Å². The van der Waals surface area contributed by atoms with Crippen LogP contribution in [0.1, 0.15) is 12.8 Å². The molecule has 2 N–H and O–H groups in total. The summed E-state index contributed by atoms with van der Waals surface area (Å²) in [6.45, 7) is 2.18. The van der Waals surface area contributed by atoms with Crippen LogP contribution in [-0.2, 0) is 14.3 Å². The molecule has 1 saturated heterocycles. The van der Waals surface area contributed by atoms with Crippen LogP contribution in [0.4, 0.5) is 11.4 Å². The van der Waals surface area contributed by atoms with Gasteiger partial charge in [-0.1, -0.05) is 6.07 Å². The Morgan fingerprint density at radius 2 is 2.23 bits per heavy atom. The van der Waals surface area contributed by atoms with E-state index in [0.717, 1.165) is 18.7 Å². The summed E-state index contributed by atoms with van der Waals surface area (Å²) in [7, 11) is 1.62. The van der Waals surface area contributed by atoms with Gasteiger partial charge in [0.15, 0.2) is 0 Å². The molecule has 0 bridgehead atoms. The average Bonchev–Trinajstić information content (AvgIpc) is 2.90. The van der Waals surface area contributed by atoms with Crippen molar-refractivity contribution >= 4 is 35.6 Å². The lowest BCUT2D eigenvalue weighted by Gasteiger charge is -2.16. The largest absolute Gasteiger partial charge is 0.383 e. The number of methoxy groups -OCH3 is 1. The molecule has 0 saturated carbocycles. The van der Waals surface area contributed by atoms with E-state index < -0.39 is 0 Å². The number of nitrogens with one attached hydrogen (secondary N) is 2. The van der Waals surface area contributed by atoms with E-state index in [1.807, 2.05) is 24.3 Å². The minimum absolute atomic E-state index is 0. The van der Waals surface area contributed by atoms with E-state index in [9.17, 15) is 9.59 Å². The lowest BCUT2D eigenvalue weighted by atomic mass is 10.2. The Kier molecular flexibility index (Phi) is 7.87. The molecule has 0 radical (unpaired) electrons. The maximum Gasteiger partial charge on any atom is 0.238 e. The number of nitrogens with zero attached hydrogens (tertiary/aromatic N) is 1. The fourth-order valence-electron chi connectivity index (χ4n) is 2.25. The normalized spacial score (nSPS) is 13.9. The van der Waals surface area contributed by atoms with Crippen LogP contribution in [0.25, 0.3) is 0 Å². The van der Waals surface area contributed by atoms with Crippen LogP contribution in [0.5, 0.6) is 0 Å². The van der Waals surface area contributed by atoms with Gasteiger partial charge < -0.3 is 20.3 Å². The quantitative estimate of drug-likeness (QED) is 0.743. The molecule has 22 heavy (non-hydrogen) atoms. The van der Waals surface area contributed by atoms with Gasteiger partial charge in [0.25, 0.3) is 0 Å². The van der Waals surface area contributed by atoms with E-state index in [2.05, 4.69) is 10.6 Å². The lowest BCUT2D eigenvalue weighted by molar-refractivity contribution is -0.117. The lowest BCUT2D eigenvalue weighted by Crippen LogP contribution is -2.30. The molecule has 7 heteroatoms. The molecule has 0 atom stereocenters. The first-order valence-electron chi connectivity index (χ1n) is 7.10. The summed E-state index contributed by atoms with van der Waals surface area (Å²) < 4.78 is 4.89. The van der Waals surface area contributed by atoms with E-state index in [-0.39, 0.29) is 30.8 Å². The number of halogens is 1. The molecule has 1 aromatic rings. The van der Waals surface area contributed by atoms with Gasteiger partial charge in [-0.2, -0.15) is 0 Å². The van der Waals surface area contributed by atoms with Gasteiger partial charge in [0.2, 0.25) is 11.8 Å². The van der Waals surface area contributed by atoms with E-state index in [1.165, 1.54) is 0 Å². The number of ether oxygens (including phenoxy) is 1. The smallest absolute Gasteiger partial charge is 0.238 e. The summed E-state index contributed by atoms with van der Waals surface area (Å²) in [5.41, 5.74) is 1.54. The molecule has 2 rings (SSSR count). The Labute approximate surface area is 136 Å². The van der Waals surface area contributed by atoms with Crippen molar-refractivity contribution in [2.45, 2.75) is 12.8 Å². The first-order chi connectivity index (χ1) is 10.2. The van der Waals surface area contributed by atoms with Gasteiger partial charge in [0.05, 0.1) is 13.2 Å². The summed E-state index contributed by atoms with van der Waals surface area (Å²) in [5.74, 6) is 0.0238. The molecule has 1 heterocycles. The zero-order valence-corrected chi connectivity index (χ0v) is 13.4. The molecule has 0 unspecified atom stereocenters. The first kappa shape index (κ1) is 18.4. The van der Waals surface area contributed by atoms with E-state index in [0.29, 0.717) is 25.3 Å². The van der Waals surface area contributed by atoms with Gasteiger partial charge >= 0.3 is 0 Å². The molecular formula is C15H22ClN3O3. The number of rotatable bonds is 7. The average molecular weight is 328 g/mol. The van der Waals surface area contributed by atoms with Crippen molar-refractivity contribution in [3.63, 3.8) is 0 Å². The molecule has 6 nitrogen and oxygen atoms in total. The Balaban J connectivity index is 0.00000242. The highest BCUT2D eigenvalue weighted by Crippen LogP contribution is 2.24. The summed E-state index contributed by atoms with van der Waals surface area (Å²) >= 11 is 0. The van der Waals surface area contributed by atoms with Crippen molar-refractivity contribution in [2.75, 3.05) is 43.6 Å². The molecule has 0 aromatic heterocycles. The number of carbonyl (C=O) groups is 2. The second-order valence-corrected chi connectivity index (χ2v) is 4.92. The van der Waals surface area contributed by atoms with Gasteiger partial charge in [0.1, 0.15) is 0 Å². The number of amides is 2. The van der Waals surface area contributed by atoms with Crippen molar-refractivity contribution in [3.8, 4) is 0 Å². The molecular weight excluding hydrogens is 306 g/mol. The van der Waals surface area contributed by atoms with E-state index in [1.54, 1.807) is 12.0 Å².